The molecule has 2 rings (SSSR count). The Labute approximate surface area is 205 Å². The minimum Gasteiger partial charge on any atom is -0.453 e. The topological polar surface area (TPSA) is 72.5 Å². The van der Waals surface area contributed by atoms with Gasteiger partial charge in [0, 0.05) is 33.4 Å². The summed E-state index contributed by atoms with van der Waals surface area (Å²) in [5.41, 5.74) is 0.486. The molecule has 0 unspecified atom stereocenters. The Hall–Kier alpha value is -1.51. The molecule has 34 heavy (non-hydrogen) atoms. The fourth-order valence-corrected chi connectivity index (χ4v) is 3.84. The summed E-state index contributed by atoms with van der Waals surface area (Å²) in [6, 6.07) is 8.95. The molecule has 1 heterocycles. The number of methoxy groups -OCH3 is 1. The lowest BCUT2D eigenvalue weighted by Gasteiger charge is -2.31. The molecule has 0 N–H and O–H groups in total. The van der Waals surface area contributed by atoms with Crippen molar-refractivity contribution in [2.24, 2.45) is 0 Å². The Balaban J connectivity index is 2.23. The highest BCUT2D eigenvalue weighted by molar-refractivity contribution is 5.89. The minimum absolute atomic E-state index is 0.308. The SMILES string of the molecule is CCCCOC[C@H]1O[C@H](OC)[C@@H](OC(=O)c2ccccc2)C[C@@H](OCCCC)[C@@H]1OCCCC. The van der Waals surface area contributed by atoms with Crippen molar-refractivity contribution >= 4 is 5.97 Å². The van der Waals surface area contributed by atoms with Crippen molar-refractivity contribution in [3.05, 3.63) is 35.9 Å². The van der Waals surface area contributed by atoms with Gasteiger partial charge >= 0.3 is 5.97 Å². The molecule has 0 amide bonds. The fourth-order valence-electron chi connectivity index (χ4n) is 3.84. The Morgan fingerprint density at radius 3 is 2.21 bits per heavy atom. The van der Waals surface area contributed by atoms with Gasteiger partial charge in [0.15, 0.2) is 12.4 Å². The van der Waals surface area contributed by atoms with Gasteiger partial charge in [-0.1, -0.05) is 58.2 Å². The molecule has 1 saturated heterocycles. The molecule has 0 aliphatic carbocycles. The maximum Gasteiger partial charge on any atom is 0.338 e. The first kappa shape index (κ1) is 28.7. The Bertz CT molecular complexity index is 654. The Morgan fingerprint density at radius 2 is 1.56 bits per heavy atom. The van der Waals surface area contributed by atoms with Gasteiger partial charge in [0.05, 0.1) is 18.3 Å². The van der Waals surface area contributed by atoms with Crippen LogP contribution in [0.2, 0.25) is 0 Å². The molecule has 5 atom stereocenters. The molecule has 0 radical (unpaired) electrons. The van der Waals surface area contributed by atoms with E-state index < -0.39 is 24.5 Å². The van der Waals surface area contributed by atoms with E-state index in [9.17, 15) is 4.79 Å². The largest absolute Gasteiger partial charge is 0.453 e. The van der Waals surface area contributed by atoms with Crippen LogP contribution in [0.1, 0.15) is 76.1 Å². The maximum atomic E-state index is 12.8. The van der Waals surface area contributed by atoms with E-state index in [4.69, 9.17) is 28.4 Å². The molecule has 0 spiro atoms. The van der Waals surface area contributed by atoms with Crippen molar-refractivity contribution in [1.82, 2.24) is 0 Å². The van der Waals surface area contributed by atoms with Crippen LogP contribution in [0.15, 0.2) is 30.3 Å². The van der Waals surface area contributed by atoms with Crippen LogP contribution in [0.4, 0.5) is 0 Å². The first-order valence-corrected chi connectivity index (χ1v) is 12.9. The van der Waals surface area contributed by atoms with Gasteiger partial charge in [-0.3, -0.25) is 0 Å². The summed E-state index contributed by atoms with van der Waals surface area (Å²) >= 11 is 0. The lowest BCUT2D eigenvalue weighted by molar-refractivity contribution is -0.223. The molecular formula is C27H44O7. The number of carbonyl (C=O) groups is 1. The number of hydrogen-bond donors (Lipinski definition) is 0. The number of unbranched alkanes of at least 4 members (excludes halogenated alkanes) is 3. The van der Waals surface area contributed by atoms with E-state index in [1.165, 1.54) is 0 Å². The van der Waals surface area contributed by atoms with Crippen molar-refractivity contribution in [1.29, 1.82) is 0 Å². The van der Waals surface area contributed by atoms with E-state index in [1.807, 2.05) is 18.2 Å². The van der Waals surface area contributed by atoms with Gasteiger partial charge in [-0.2, -0.15) is 0 Å². The highest BCUT2D eigenvalue weighted by Crippen LogP contribution is 2.28. The lowest BCUT2D eigenvalue weighted by atomic mass is 10.0. The van der Waals surface area contributed by atoms with Crippen LogP contribution in [-0.2, 0) is 28.4 Å². The molecule has 1 aromatic carbocycles. The second-order valence-electron chi connectivity index (χ2n) is 8.70. The van der Waals surface area contributed by atoms with Gasteiger partial charge in [0.2, 0.25) is 0 Å². The zero-order chi connectivity index (χ0) is 24.6. The average Bonchev–Trinajstić information content (AvgIpc) is 2.99. The van der Waals surface area contributed by atoms with Gasteiger partial charge in [0.1, 0.15) is 12.2 Å². The summed E-state index contributed by atoms with van der Waals surface area (Å²) in [6.45, 7) is 8.63. The van der Waals surface area contributed by atoms with Crippen LogP contribution in [0.3, 0.4) is 0 Å². The molecule has 7 heteroatoms. The standard InChI is InChI=1S/C27H44O7/c1-5-8-16-30-20-24-25(32-18-10-7-3)22(31-17-9-6-2)19-23(27(29-4)34-24)33-26(28)21-14-12-11-13-15-21/h11-15,22-25,27H,5-10,16-20H2,1-4H3/t22-,23+,24-,25+,27+/m1/s1. The monoisotopic (exact) mass is 480 g/mol. The number of carbonyl (C=O) groups excluding carboxylic acids is 1. The summed E-state index contributed by atoms with van der Waals surface area (Å²) in [6.07, 6.45) is 3.98. The smallest absolute Gasteiger partial charge is 0.338 e. The van der Waals surface area contributed by atoms with Gasteiger partial charge in [-0.05, 0) is 31.4 Å². The predicted molar refractivity (Wildman–Crippen MR) is 131 cm³/mol. The molecule has 1 fully saturated rings. The van der Waals surface area contributed by atoms with E-state index >= 15 is 0 Å². The van der Waals surface area contributed by atoms with E-state index in [0.29, 0.717) is 38.4 Å². The number of ether oxygens (including phenoxy) is 6. The second-order valence-corrected chi connectivity index (χ2v) is 8.70. The van der Waals surface area contributed by atoms with E-state index in [1.54, 1.807) is 19.2 Å². The van der Waals surface area contributed by atoms with Crippen LogP contribution in [0.5, 0.6) is 0 Å². The third kappa shape index (κ3) is 9.62. The number of hydrogen-bond acceptors (Lipinski definition) is 7. The Kier molecular flexibility index (Phi) is 14.4. The highest BCUT2D eigenvalue weighted by atomic mass is 16.7. The predicted octanol–water partition coefficient (Wildman–Crippen LogP) is 5.16. The maximum absolute atomic E-state index is 12.8. The van der Waals surface area contributed by atoms with Crippen molar-refractivity contribution in [2.75, 3.05) is 33.5 Å². The van der Waals surface area contributed by atoms with Crippen molar-refractivity contribution in [3.8, 4) is 0 Å². The summed E-state index contributed by atoms with van der Waals surface area (Å²) < 4.78 is 36.5. The highest BCUT2D eigenvalue weighted by Gasteiger charge is 2.43. The molecule has 7 nitrogen and oxygen atoms in total. The number of benzene rings is 1. The molecule has 194 valence electrons. The molecule has 0 bridgehead atoms. The van der Waals surface area contributed by atoms with E-state index in [2.05, 4.69) is 20.8 Å². The summed E-state index contributed by atoms with van der Waals surface area (Å²) in [7, 11) is 1.56. The zero-order valence-corrected chi connectivity index (χ0v) is 21.4. The van der Waals surface area contributed by atoms with Gasteiger partial charge in [0.25, 0.3) is 0 Å². The number of rotatable bonds is 16. The van der Waals surface area contributed by atoms with Crippen molar-refractivity contribution in [3.63, 3.8) is 0 Å². The van der Waals surface area contributed by atoms with Crippen molar-refractivity contribution < 1.29 is 33.2 Å². The molecule has 1 aromatic rings. The fraction of sp³-hybridized carbons (Fsp3) is 0.741. The minimum atomic E-state index is -0.746. The quantitative estimate of drug-likeness (QED) is 0.239. The van der Waals surface area contributed by atoms with E-state index in [0.717, 1.165) is 38.5 Å². The van der Waals surface area contributed by atoms with Crippen molar-refractivity contribution in [2.45, 2.75) is 96.4 Å². The molecule has 1 aliphatic heterocycles. The lowest BCUT2D eigenvalue weighted by Crippen LogP contribution is -2.44. The van der Waals surface area contributed by atoms with Gasteiger partial charge in [-0.15, -0.1) is 0 Å². The van der Waals surface area contributed by atoms with Crippen LogP contribution >= 0.6 is 0 Å². The van der Waals surface area contributed by atoms with Gasteiger partial charge < -0.3 is 28.4 Å². The molecule has 0 saturated carbocycles. The average molecular weight is 481 g/mol. The van der Waals surface area contributed by atoms with Crippen LogP contribution in [-0.4, -0.2) is 70.2 Å². The van der Waals surface area contributed by atoms with Crippen LogP contribution in [0.25, 0.3) is 0 Å². The Morgan fingerprint density at radius 1 is 0.912 bits per heavy atom. The van der Waals surface area contributed by atoms with Gasteiger partial charge in [-0.25, -0.2) is 4.79 Å². The van der Waals surface area contributed by atoms with Crippen LogP contribution in [0, 0.1) is 0 Å². The van der Waals surface area contributed by atoms with Crippen LogP contribution < -0.4 is 0 Å². The summed E-state index contributed by atoms with van der Waals surface area (Å²) in [5.74, 6) is -0.412. The normalized spacial score (nSPS) is 25.1. The zero-order valence-electron chi connectivity index (χ0n) is 21.4. The molecular weight excluding hydrogens is 436 g/mol. The third-order valence-corrected chi connectivity index (χ3v) is 5.87. The summed E-state index contributed by atoms with van der Waals surface area (Å²) in [5, 5.41) is 0. The second kappa shape index (κ2) is 17.0. The third-order valence-electron chi connectivity index (χ3n) is 5.87. The summed E-state index contributed by atoms with van der Waals surface area (Å²) in [4.78, 5) is 12.8. The first-order chi connectivity index (χ1) is 16.6. The molecule has 1 aliphatic rings. The first-order valence-electron chi connectivity index (χ1n) is 12.9. The molecule has 0 aromatic heterocycles. The van der Waals surface area contributed by atoms with E-state index in [-0.39, 0.29) is 12.2 Å². The number of esters is 1.